The van der Waals surface area contributed by atoms with Crippen molar-refractivity contribution in [1.82, 2.24) is 9.88 Å². The minimum Gasteiger partial charge on any atom is -0.496 e. The number of rotatable bonds is 4. The SMILES string of the molecule is COc1ccc(Br)cc1CN(C)C(=O)c1cc[nH]c(=O)c1. The fourth-order valence-corrected chi connectivity index (χ4v) is 2.40. The molecule has 5 nitrogen and oxygen atoms in total. The van der Waals surface area contributed by atoms with E-state index in [4.69, 9.17) is 4.74 Å². The molecule has 21 heavy (non-hydrogen) atoms. The van der Waals surface area contributed by atoms with Crippen LogP contribution in [-0.2, 0) is 6.54 Å². The van der Waals surface area contributed by atoms with Crippen molar-refractivity contribution in [3.63, 3.8) is 0 Å². The van der Waals surface area contributed by atoms with Gasteiger partial charge in [0.2, 0.25) is 5.56 Å². The molecule has 1 N–H and O–H groups in total. The molecular formula is C15H15BrN2O3. The normalized spacial score (nSPS) is 10.2. The van der Waals surface area contributed by atoms with Crippen LogP contribution in [0.15, 0.2) is 45.8 Å². The van der Waals surface area contributed by atoms with Gasteiger partial charge in [-0.1, -0.05) is 15.9 Å². The Kier molecular flexibility index (Phi) is 4.80. The first-order chi connectivity index (χ1) is 10.0. The van der Waals surface area contributed by atoms with E-state index in [2.05, 4.69) is 20.9 Å². The quantitative estimate of drug-likeness (QED) is 0.920. The summed E-state index contributed by atoms with van der Waals surface area (Å²) in [7, 11) is 3.27. The van der Waals surface area contributed by atoms with E-state index in [9.17, 15) is 9.59 Å². The molecule has 0 radical (unpaired) electrons. The number of pyridine rings is 1. The molecule has 0 unspecified atom stereocenters. The highest BCUT2D eigenvalue weighted by molar-refractivity contribution is 9.10. The van der Waals surface area contributed by atoms with E-state index in [0.717, 1.165) is 10.0 Å². The number of hydrogen-bond donors (Lipinski definition) is 1. The topological polar surface area (TPSA) is 62.4 Å². The minimum atomic E-state index is -0.297. The summed E-state index contributed by atoms with van der Waals surface area (Å²) in [5.74, 6) is 0.492. The van der Waals surface area contributed by atoms with Crippen LogP contribution >= 0.6 is 15.9 Å². The number of H-pyrrole nitrogens is 1. The maximum absolute atomic E-state index is 12.3. The Balaban J connectivity index is 2.21. The van der Waals surface area contributed by atoms with Crippen LogP contribution in [0.2, 0.25) is 0 Å². The standard InChI is InChI=1S/C15H15BrN2O3/c1-18(15(20)10-5-6-17-14(19)8-10)9-11-7-12(16)3-4-13(11)21-2/h3-8H,9H2,1-2H3,(H,17,19). The Hall–Kier alpha value is -2.08. The summed E-state index contributed by atoms with van der Waals surface area (Å²) in [4.78, 5) is 27.6. The third-order valence-electron chi connectivity index (χ3n) is 3.02. The Bertz CT molecular complexity index is 712. The van der Waals surface area contributed by atoms with Gasteiger partial charge in [0.25, 0.3) is 5.91 Å². The second-order valence-corrected chi connectivity index (χ2v) is 5.47. The number of methoxy groups -OCH3 is 1. The molecule has 1 aromatic carbocycles. The van der Waals surface area contributed by atoms with Gasteiger partial charge in [-0.2, -0.15) is 0 Å². The van der Waals surface area contributed by atoms with Crippen LogP contribution in [0.4, 0.5) is 0 Å². The first kappa shape index (κ1) is 15.3. The number of aromatic nitrogens is 1. The molecule has 2 aromatic rings. The first-order valence-electron chi connectivity index (χ1n) is 6.28. The second-order valence-electron chi connectivity index (χ2n) is 4.56. The molecule has 0 atom stereocenters. The van der Waals surface area contributed by atoms with Crippen molar-refractivity contribution in [2.24, 2.45) is 0 Å². The zero-order valence-electron chi connectivity index (χ0n) is 11.7. The molecule has 0 aliphatic heterocycles. The molecule has 6 heteroatoms. The zero-order chi connectivity index (χ0) is 15.4. The van der Waals surface area contributed by atoms with Crippen molar-refractivity contribution in [1.29, 1.82) is 0 Å². The van der Waals surface area contributed by atoms with Gasteiger partial charge in [-0.05, 0) is 24.3 Å². The number of benzene rings is 1. The first-order valence-corrected chi connectivity index (χ1v) is 7.07. The second kappa shape index (κ2) is 6.58. The lowest BCUT2D eigenvalue weighted by atomic mass is 10.1. The van der Waals surface area contributed by atoms with E-state index in [1.165, 1.54) is 12.3 Å². The Morgan fingerprint density at radius 2 is 2.10 bits per heavy atom. The monoisotopic (exact) mass is 350 g/mol. The lowest BCUT2D eigenvalue weighted by Gasteiger charge is -2.19. The van der Waals surface area contributed by atoms with Gasteiger partial charge in [0.1, 0.15) is 5.75 Å². The van der Waals surface area contributed by atoms with E-state index in [0.29, 0.717) is 17.9 Å². The predicted molar refractivity (Wildman–Crippen MR) is 83.6 cm³/mol. The summed E-state index contributed by atoms with van der Waals surface area (Å²) < 4.78 is 6.20. The van der Waals surface area contributed by atoms with Gasteiger partial charge in [-0.15, -0.1) is 0 Å². The Morgan fingerprint density at radius 3 is 2.76 bits per heavy atom. The van der Waals surface area contributed by atoms with Crippen molar-refractivity contribution in [2.75, 3.05) is 14.2 Å². The van der Waals surface area contributed by atoms with Crippen molar-refractivity contribution < 1.29 is 9.53 Å². The van der Waals surface area contributed by atoms with Gasteiger partial charge >= 0.3 is 0 Å². The number of hydrogen-bond acceptors (Lipinski definition) is 3. The number of nitrogens with one attached hydrogen (secondary N) is 1. The van der Waals surface area contributed by atoms with Gasteiger partial charge in [0.15, 0.2) is 0 Å². The van der Waals surface area contributed by atoms with Crippen molar-refractivity contribution in [3.05, 3.63) is 62.5 Å². The summed E-state index contributed by atoms with van der Waals surface area (Å²) >= 11 is 3.40. The Labute approximate surface area is 130 Å². The number of carbonyl (C=O) groups excluding carboxylic acids is 1. The predicted octanol–water partition coefficient (Wildman–Crippen LogP) is 2.42. The third-order valence-corrected chi connectivity index (χ3v) is 3.51. The molecule has 1 aromatic heterocycles. The molecule has 0 saturated carbocycles. The van der Waals surface area contributed by atoms with Gasteiger partial charge in [-0.25, -0.2) is 0 Å². The van der Waals surface area contributed by atoms with Crippen molar-refractivity contribution in [2.45, 2.75) is 6.54 Å². The molecule has 2 rings (SSSR count). The summed E-state index contributed by atoms with van der Waals surface area (Å²) in [5, 5.41) is 0. The van der Waals surface area contributed by atoms with Crippen LogP contribution in [0.25, 0.3) is 0 Å². The fraction of sp³-hybridized carbons (Fsp3) is 0.200. The molecule has 1 amide bonds. The van der Waals surface area contributed by atoms with E-state index in [1.54, 1.807) is 25.1 Å². The molecule has 0 bridgehead atoms. The van der Waals surface area contributed by atoms with Crippen LogP contribution < -0.4 is 10.3 Å². The average Bonchev–Trinajstić information content (AvgIpc) is 2.46. The summed E-state index contributed by atoms with van der Waals surface area (Å²) in [6, 6.07) is 8.49. The molecule has 110 valence electrons. The summed E-state index contributed by atoms with van der Waals surface area (Å²) in [5.41, 5.74) is 0.942. The lowest BCUT2D eigenvalue weighted by Crippen LogP contribution is -2.27. The molecule has 1 heterocycles. The van der Waals surface area contributed by atoms with E-state index in [-0.39, 0.29) is 11.5 Å². The maximum Gasteiger partial charge on any atom is 0.254 e. The molecule has 0 aliphatic carbocycles. The fourth-order valence-electron chi connectivity index (χ4n) is 2.00. The molecule has 0 saturated heterocycles. The largest absolute Gasteiger partial charge is 0.496 e. The molecule has 0 aliphatic rings. The number of aromatic amines is 1. The maximum atomic E-state index is 12.3. The van der Waals surface area contributed by atoms with Crippen LogP contribution in [-0.4, -0.2) is 29.9 Å². The number of amides is 1. The van der Waals surface area contributed by atoms with Crippen LogP contribution in [0.1, 0.15) is 15.9 Å². The molecular weight excluding hydrogens is 336 g/mol. The van der Waals surface area contributed by atoms with E-state index < -0.39 is 0 Å². The highest BCUT2D eigenvalue weighted by Gasteiger charge is 2.14. The van der Waals surface area contributed by atoms with Gasteiger partial charge < -0.3 is 14.6 Å². The molecule has 0 fully saturated rings. The third kappa shape index (κ3) is 3.72. The Morgan fingerprint density at radius 1 is 1.33 bits per heavy atom. The van der Waals surface area contributed by atoms with E-state index >= 15 is 0 Å². The highest BCUT2D eigenvalue weighted by atomic mass is 79.9. The van der Waals surface area contributed by atoms with Gasteiger partial charge in [0.05, 0.1) is 7.11 Å². The van der Waals surface area contributed by atoms with Crippen molar-refractivity contribution >= 4 is 21.8 Å². The number of halogens is 1. The van der Waals surface area contributed by atoms with E-state index in [1.807, 2.05) is 18.2 Å². The summed E-state index contributed by atoms with van der Waals surface area (Å²) in [6.07, 6.45) is 1.46. The lowest BCUT2D eigenvalue weighted by molar-refractivity contribution is 0.0784. The average molecular weight is 351 g/mol. The highest BCUT2D eigenvalue weighted by Crippen LogP contribution is 2.24. The van der Waals surface area contributed by atoms with Gasteiger partial charge in [0, 0.05) is 41.5 Å². The van der Waals surface area contributed by atoms with Crippen molar-refractivity contribution in [3.8, 4) is 5.75 Å². The number of nitrogens with zero attached hydrogens (tertiary/aromatic N) is 1. The van der Waals surface area contributed by atoms with Crippen LogP contribution in [0, 0.1) is 0 Å². The molecule has 0 spiro atoms. The summed E-state index contributed by atoms with van der Waals surface area (Å²) in [6.45, 7) is 0.383. The minimum absolute atomic E-state index is 0.219. The zero-order valence-corrected chi connectivity index (χ0v) is 13.3. The van der Waals surface area contributed by atoms with Crippen LogP contribution in [0.3, 0.4) is 0 Å². The smallest absolute Gasteiger partial charge is 0.254 e. The number of carbonyl (C=O) groups is 1. The van der Waals surface area contributed by atoms with Gasteiger partial charge in [-0.3, -0.25) is 9.59 Å². The van der Waals surface area contributed by atoms with Crippen LogP contribution in [0.5, 0.6) is 5.75 Å². The number of ether oxygens (including phenoxy) is 1.